The molecule has 4 aliphatic heterocycles. The maximum absolute atomic E-state index is 14.0. The molecule has 14 nitrogen and oxygen atoms in total. The Labute approximate surface area is 247 Å². The van der Waals surface area contributed by atoms with Crippen LogP contribution in [0, 0.1) is 5.92 Å². The van der Waals surface area contributed by atoms with Gasteiger partial charge in [-0.05, 0) is 37.0 Å². The Balaban J connectivity index is 1.27. The highest BCUT2D eigenvalue weighted by Crippen LogP contribution is 2.33. The highest BCUT2D eigenvalue weighted by molar-refractivity contribution is 5.91. The summed E-state index contributed by atoms with van der Waals surface area (Å²) in [5.41, 5.74) is 0.937. The molecule has 4 heterocycles. The summed E-state index contributed by atoms with van der Waals surface area (Å²) >= 11 is 0. The molecule has 0 spiro atoms. The van der Waals surface area contributed by atoms with Gasteiger partial charge in [-0.2, -0.15) is 0 Å². The number of nitrogens with one attached hydrogen (secondary N) is 2. The summed E-state index contributed by atoms with van der Waals surface area (Å²) in [7, 11) is 0. The van der Waals surface area contributed by atoms with E-state index in [1.54, 1.807) is 21.9 Å². The molecule has 1 aromatic rings. The molecule has 6 bridgehead atoms. The molecule has 5 N–H and O–H groups in total. The lowest BCUT2D eigenvalue weighted by Crippen LogP contribution is -2.63. The van der Waals surface area contributed by atoms with Gasteiger partial charge < -0.3 is 40.5 Å². The van der Waals surface area contributed by atoms with Crippen molar-refractivity contribution in [1.82, 2.24) is 25.3 Å². The average molecular weight is 600 g/mol. The number of carboxylic acids is 1. The molecular weight excluding hydrogens is 562 g/mol. The van der Waals surface area contributed by atoms with E-state index in [-0.39, 0.29) is 55.9 Å². The van der Waals surface area contributed by atoms with Crippen molar-refractivity contribution in [2.45, 2.75) is 74.8 Å². The zero-order valence-corrected chi connectivity index (χ0v) is 23.6. The highest BCUT2D eigenvalue weighted by Gasteiger charge is 2.48. The standard InChI is InChI=1S/C29H37N5O9/c35-23-10-21-24(36)25(37)22(43-21)11-30-26(38)20-14-32(7-8-34(20)27(39)16-5-6-16)28(40)19-9-18(31-23)13-33(19)12-15-1-3-17(4-2-15)29(41)42/h1-4,16,18-22,24-25,36-37H,5-14H2,(H,30,38)(H,31,35)(H,41,42)/t18-,19-,20-,21-,22+,24-,25+/m0/s1. The van der Waals surface area contributed by atoms with Gasteiger partial charge in [-0.15, -0.1) is 0 Å². The topological polar surface area (TPSA) is 189 Å². The summed E-state index contributed by atoms with van der Waals surface area (Å²) in [6.07, 6.45) is -2.95. The maximum Gasteiger partial charge on any atom is 0.335 e. The first-order valence-electron chi connectivity index (χ1n) is 14.8. The van der Waals surface area contributed by atoms with Crippen molar-refractivity contribution < 1.29 is 44.0 Å². The van der Waals surface area contributed by atoms with E-state index in [0.29, 0.717) is 19.5 Å². The molecule has 0 unspecified atom stereocenters. The van der Waals surface area contributed by atoms with E-state index in [2.05, 4.69) is 10.6 Å². The van der Waals surface area contributed by atoms with Crippen LogP contribution in [0.2, 0.25) is 0 Å². The third kappa shape index (κ3) is 6.09. The van der Waals surface area contributed by atoms with Crippen LogP contribution in [0.3, 0.4) is 0 Å². The van der Waals surface area contributed by atoms with Crippen molar-refractivity contribution in [2.75, 3.05) is 32.7 Å². The molecule has 1 aliphatic carbocycles. The smallest absolute Gasteiger partial charge is 0.335 e. The number of hydrogen-bond donors (Lipinski definition) is 5. The molecule has 43 heavy (non-hydrogen) atoms. The number of nitrogens with zero attached hydrogens (tertiary/aromatic N) is 3. The molecule has 232 valence electrons. The number of aromatic carboxylic acids is 1. The van der Waals surface area contributed by atoms with E-state index in [4.69, 9.17) is 4.74 Å². The fourth-order valence-electron chi connectivity index (χ4n) is 6.63. The molecule has 5 aliphatic rings. The van der Waals surface area contributed by atoms with Gasteiger partial charge in [-0.3, -0.25) is 24.1 Å². The van der Waals surface area contributed by atoms with Crippen molar-refractivity contribution in [3.63, 3.8) is 0 Å². The second-order valence-electron chi connectivity index (χ2n) is 12.2. The number of aliphatic hydroxyl groups is 2. The van der Waals surface area contributed by atoms with Gasteiger partial charge in [0.05, 0.1) is 30.7 Å². The number of fused-ring (bicyclic) bond motifs is 6. The summed E-state index contributed by atoms with van der Waals surface area (Å²) in [5, 5.41) is 36.1. The summed E-state index contributed by atoms with van der Waals surface area (Å²) in [5.74, 6) is -2.36. The molecule has 0 radical (unpaired) electrons. The summed E-state index contributed by atoms with van der Waals surface area (Å²) in [6.45, 7) is 0.985. The third-order valence-corrected chi connectivity index (χ3v) is 9.17. The third-order valence-electron chi connectivity index (χ3n) is 9.17. The SMILES string of the molecule is O=C1C[C@@H]2O[C@H](CNC(=O)[C@@H]3CN(CCN3C(=O)C3CC3)C(=O)[C@@H]3C[C@@H](CN3Cc3ccc(C(=O)O)cc3)N1)[C@@H](O)[C@H]2O. The van der Waals surface area contributed by atoms with Crippen LogP contribution >= 0.6 is 0 Å². The Bertz CT molecular complexity index is 1290. The van der Waals surface area contributed by atoms with Crippen LogP contribution in [0.5, 0.6) is 0 Å². The fourth-order valence-corrected chi connectivity index (χ4v) is 6.63. The summed E-state index contributed by atoms with van der Waals surface area (Å²) < 4.78 is 5.78. The van der Waals surface area contributed by atoms with Gasteiger partial charge in [0.1, 0.15) is 24.4 Å². The van der Waals surface area contributed by atoms with Crippen LogP contribution in [-0.2, 0) is 30.5 Å². The van der Waals surface area contributed by atoms with Crippen LogP contribution in [0.25, 0.3) is 0 Å². The van der Waals surface area contributed by atoms with E-state index in [9.17, 15) is 39.3 Å². The number of benzene rings is 1. The number of likely N-dealkylation sites (tertiary alicyclic amines) is 1. The van der Waals surface area contributed by atoms with Gasteiger partial charge in [0.2, 0.25) is 23.6 Å². The van der Waals surface area contributed by atoms with Gasteiger partial charge >= 0.3 is 5.97 Å². The molecule has 1 saturated carbocycles. The lowest BCUT2D eigenvalue weighted by atomic mass is 10.0. The Morgan fingerprint density at radius 3 is 2.37 bits per heavy atom. The highest BCUT2D eigenvalue weighted by atomic mass is 16.5. The van der Waals surface area contributed by atoms with Crippen molar-refractivity contribution in [2.24, 2.45) is 5.92 Å². The molecule has 6 rings (SSSR count). The van der Waals surface area contributed by atoms with Crippen molar-refractivity contribution in [1.29, 1.82) is 0 Å². The molecule has 14 heteroatoms. The number of amides is 4. The summed E-state index contributed by atoms with van der Waals surface area (Å²) in [4.78, 5) is 70.0. The van der Waals surface area contributed by atoms with Crippen LogP contribution in [-0.4, -0.2) is 135 Å². The molecule has 4 saturated heterocycles. The van der Waals surface area contributed by atoms with Crippen molar-refractivity contribution in [3.8, 4) is 0 Å². The van der Waals surface area contributed by atoms with E-state index >= 15 is 0 Å². The number of carboxylic acid groups (broad SMARTS) is 1. The Hall–Kier alpha value is -3.59. The molecule has 7 atom stereocenters. The first-order valence-corrected chi connectivity index (χ1v) is 14.8. The second-order valence-corrected chi connectivity index (χ2v) is 12.2. The second kappa shape index (κ2) is 11.8. The van der Waals surface area contributed by atoms with Gasteiger partial charge in [0.25, 0.3) is 0 Å². The Kier molecular flexibility index (Phi) is 8.11. The van der Waals surface area contributed by atoms with Gasteiger partial charge in [0, 0.05) is 44.7 Å². The minimum absolute atomic E-state index is 0.00285. The quantitative estimate of drug-likeness (QED) is 0.257. The number of rotatable bonds is 4. The summed E-state index contributed by atoms with van der Waals surface area (Å²) in [6, 6.07) is 4.42. The number of carbonyl (C=O) groups is 5. The number of piperazine rings is 1. The van der Waals surface area contributed by atoms with Gasteiger partial charge in [-0.1, -0.05) is 12.1 Å². The lowest BCUT2D eigenvalue weighted by molar-refractivity contribution is -0.151. The van der Waals surface area contributed by atoms with Crippen LogP contribution in [0.15, 0.2) is 24.3 Å². The zero-order chi connectivity index (χ0) is 30.4. The van der Waals surface area contributed by atoms with E-state index in [1.165, 1.54) is 12.1 Å². The molecule has 1 aromatic carbocycles. The average Bonchev–Trinajstić information content (AvgIpc) is 3.72. The predicted octanol–water partition coefficient (Wildman–Crippen LogP) is -2.10. The van der Waals surface area contributed by atoms with E-state index in [0.717, 1.165) is 18.4 Å². The monoisotopic (exact) mass is 599 g/mol. The Morgan fingerprint density at radius 1 is 0.953 bits per heavy atom. The normalized spacial score (nSPS) is 33.7. The largest absolute Gasteiger partial charge is 0.478 e. The lowest BCUT2D eigenvalue weighted by Gasteiger charge is -2.42. The zero-order valence-electron chi connectivity index (χ0n) is 23.6. The molecule has 5 fully saturated rings. The van der Waals surface area contributed by atoms with Crippen LogP contribution < -0.4 is 10.6 Å². The van der Waals surface area contributed by atoms with Crippen molar-refractivity contribution in [3.05, 3.63) is 35.4 Å². The Morgan fingerprint density at radius 2 is 1.67 bits per heavy atom. The maximum atomic E-state index is 14.0. The number of hydrogen-bond acceptors (Lipinski definition) is 9. The number of aliphatic hydroxyl groups excluding tert-OH is 2. The first-order chi connectivity index (χ1) is 20.6. The van der Waals surface area contributed by atoms with Crippen molar-refractivity contribution >= 4 is 29.6 Å². The van der Waals surface area contributed by atoms with E-state index in [1.807, 2.05) is 4.90 Å². The first kappa shape index (κ1) is 29.5. The van der Waals surface area contributed by atoms with Gasteiger partial charge in [-0.25, -0.2) is 4.79 Å². The number of ether oxygens (including phenoxy) is 1. The minimum atomic E-state index is -1.33. The minimum Gasteiger partial charge on any atom is -0.478 e. The molecule has 0 aromatic heterocycles. The predicted molar refractivity (Wildman–Crippen MR) is 147 cm³/mol. The van der Waals surface area contributed by atoms with E-state index < -0.39 is 60.3 Å². The van der Waals surface area contributed by atoms with Gasteiger partial charge in [0.15, 0.2) is 0 Å². The number of carbonyl (C=O) groups excluding carboxylic acids is 4. The van der Waals surface area contributed by atoms with Crippen LogP contribution in [0.4, 0.5) is 0 Å². The van der Waals surface area contributed by atoms with Crippen LogP contribution in [0.1, 0.15) is 41.6 Å². The molecular formula is C29H37N5O9. The fraction of sp³-hybridized carbons (Fsp3) is 0.621. The molecule has 4 amide bonds.